The summed E-state index contributed by atoms with van der Waals surface area (Å²) in [5.74, 6) is 0.412. The fourth-order valence-electron chi connectivity index (χ4n) is 5.01. The minimum atomic E-state index is -4.37. The Morgan fingerprint density at radius 1 is 1.00 bits per heavy atom. The van der Waals surface area contributed by atoms with Gasteiger partial charge in [0.05, 0.1) is 11.6 Å². The monoisotopic (exact) mass is 433 g/mol. The van der Waals surface area contributed by atoms with Crippen molar-refractivity contribution in [2.24, 2.45) is 11.3 Å². The fourth-order valence-corrected chi connectivity index (χ4v) is 5.01. The molecule has 2 aliphatic heterocycles. The standard InChI is InChI=1S/C24H30F3N3O/c25-24(26,27)21-9-5-4-8-19(21)14-23(17-31)10-12-30(13-11-23)16-20-15-28-29-22(20)18-6-2-1-3-7-18/h1-9,20,22,28-29,31H,10-17H2. The number of piperidine rings is 1. The first-order chi connectivity index (χ1) is 14.9. The number of likely N-dealkylation sites (tertiary alicyclic amines) is 1. The van der Waals surface area contributed by atoms with Crippen LogP contribution in [-0.2, 0) is 12.6 Å². The quantitative estimate of drug-likeness (QED) is 0.649. The summed E-state index contributed by atoms with van der Waals surface area (Å²) in [4.78, 5) is 2.39. The van der Waals surface area contributed by atoms with Gasteiger partial charge in [-0.15, -0.1) is 0 Å². The van der Waals surface area contributed by atoms with Gasteiger partial charge in [-0.2, -0.15) is 13.2 Å². The molecule has 2 aliphatic rings. The van der Waals surface area contributed by atoms with E-state index in [9.17, 15) is 18.3 Å². The van der Waals surface area contributed by atoms with Crippen molar-refractivity contribution in [2.45, 2.75) is 31.5 Å². The van der Waals surface area contributed by atoms with Gasteiger partial charge in [-0.05, 0) is 55.0 Å². The van der Waals surface area contributed by atoms with Crippen molar-refractivity contribution in [1.82, 2.24) is 15.8 Å². The van der Waals surface area contributed by atoms with Crippen molar-refractivity contribution in [3.05, 3.63) is 71.3 Å². The molecule has 0 amide bonds. The summed E-state index contributed by atoms with van der Waals surface area (Å²) in [5.41, 5.74) is 7.09. The number of aliphatic hydroxyl groups is 1. The Morgan fingerprint density at radius 3 is 2.35 bits per heavy atom. The number of halogens is 3. The highest BCUT2D eigenvalue weighted by molar-refractivity contribution is 5.31. The van der Waals surface area contributed by atoms with Crippen LogP contribution in [0.4, 0.5) is 13.2 Å². The van der Waals surface area contributed by atoms with Crippen molar-refractivity contribution < 1.29 is 18.3 Å². The Morgan fingerprint density at radius 2 is 1.68 bits per heavy atom. The fraction of sp³-hybridized carbons (Fsp3) is 0.500. The van der Waals surface area contributed by atoms with Crippen molar-refractivity contribution in [3.63, 3.8) is 0 Å². The van der Waals surface area contributed by atoms with Crippen molar-refractivity contribution in [1.29, 1.82) is 0 Å². The van der Waals surface area contributed by atoms with E-state index in [4.69, 9.17) is 0 Å². The van der Waals surface area contributed by atoms with Crippen LogP contribution in [0, 0.1) is 11.3 Å². The van der Waals surface area contributed by atoms with Crippen LogP contribution >= 0.6 is 0 Å². The normalized spacial score (nSPS) is 24.4. The third kappa shape index (κ3) is 5.12. The first-order valence-electron chi connectivity index (χ1n) is 10.9. The average Bonchev–Trinajstić information content (AvgIpc) is 3.24. The molecule has 2 unspecified atom stereocenters. The molecule has 0 radical (unpaired) electrons. The van der Waals surface area contributed by atoms with Gasteiger partial charge in [0.2, 0.25) is 0 Å². The van der Waals surface area contributed by atoms with Crippen molar-refractivity contribution >= 4 is 0 Å². The van der Waals surface area contributed by atoms with E-state index < -0.39 is 17.2 Å². The van der Waals surface area contributed by atoms with Gasteiger partial charge in [0.1, 0.15) is 0 Å². The molecule has 0 aliphatic carbocycles. The van der Waals surface area contributed by atoms with E-state index in [2.05, 4.69) is 27.9 Å². The van der Waals surface area contributed by atoms with E-state index in [0.717, 1.165) is 32.2 Å². The van der Waals surface area contributed by atoms with Crippen LogP contribution in [0.15, 0.2) is 54.6 Å². The lowest BCUT2D eigenvalue weighted by atomic mass is 9.73. The summed E-state index contributed by atoms with van der Waals surface area (Å²) in [5, 5.41) is 10.1. The lowest BCUT2D eigenvalue weighted by molar-refractivity contribution is -0.138. The SMILES string of the molecule is OCC1(Cc2ccccc2C(F)(F)F)CCN(CC2CNNC2c2ccccc2)CC1. The van der Waals surface area contributed by atoms with Crippen molar-refractivity contribution in [2.75, 3.05) is 32.8 Å². The van der Waals surface area contributed by atoms with Gasteiger partial charge in [0, 0.05) is 25.6 Å². The number of alkyl halides is 3. The number of hydrogen-bond donors (Lipinski definition) is 3. The second-order valence-corrected chi connectivity index (χ2v) is 8.96. The molecule has 3 N–H and O–H groups in total. The molecule has 2 saturated heterocycles. The second-order valence-electron chi connectivity index (χ2n) is 8.96. The summed E-state index contributed by atoms with van der Waals surface area (Å²) < 4.78 is 40.2. The highest BCUT2D eigenvalue weighted by Crippen LogP contribution is 2.40. The first kappa shape index (κ1) is 22.3. The Kier molecular flexibility index (Phi) is 6.67. The van der Waals surface area contributed by atoms with Gasteiger partial charge in [-0.1, -0.05) is 48.5 Å². The molecule has 4 rings (SSSR count). The molecule has 0 saturated carbocycles. The van der Waals surface area contributed by atoms with Gasteiger partial charge < -0.3 is 10.0 Å². The largest absolute Gasteiger partial charge is 0.416 e. The molecule has 4 nitrogen and oxygen atoms in total. The van der Waals surface area contributed by atoms with E-state index in [1.807, 2.05) is 18.2 Å². The number of hydrazine groups is 1. The third-order valence-electron chi connectivity index (χ3n) is 6.88. The second kappa shape index (κ2) is 9.28. The molecule has 2 fully saturated rings. The molecule has 168 valence electrons. The van der Waals surface area contributed by atoms with E-state index in [1.165, 1.54) is 11.6 Å². The van der Waals surface area contributed by atoms with E-state index in [0.29, 0.717) is 18.8 Å². The Balaban J connectivity index is 1.39. The molecule has 0 aromatic heterocycles. The molecular formula is C24H30F3N3O. The number of hydrogen-bond acceptors (Lipinski definition) is 4. The molecule has 2 aromatic carbocycles. The van der Waals surface area contributed by atoms with Gasteiger partial charge in [0.25, 0.3) is 0 Å². The van der Waals surface area contributed by atoms with Gasteiger partial charge in [0.15, 0.2) is 0 Å². The highest BCUT2D eigenvalue weighted by atomic mass is 19.4. The number of nitrogens with one attached hydrogen (secondary N) is 2. The summed E-state index contributed by atoms with van der Waals surface area (Å²) >= 11 is 0. The Bertz CT molecular complexity index is 851. The predicted octanol–water partition coefficient (Wildman–Crippen LogP) is 3.79. The summed E-state index contributed by atoms with van der Waals surface area (Å²) in [6.45, 7) is 3.27. The van der Waals surface area contributed by atoms with E-state index in [-0.39, 0.29) is 24.6 Å². The topological polar surface area (TPSA) is 47.5 Å². The number of aliphatic hydroxyl groups excluding tert-OH is 1. The van der Waals surface area contributed by atoms with Crippen LogP contribution in [0.2, 0.25) is 0 Å². The van der Waals surface area contributed by atoms with Crippen LogP contribution in [0.1, 0.15) is 35.6 Å². The van der Waals surface area contributed by atoms with E-state index >= 15 is 0 Å². The zero-order chi connectivity index (χ0) is 21.9. The van der Waals surface area contributed by atoms with Crippen LogP contribution in [-0.4, -0.2) is 42.8 Å². The minimum Gasteiger partial charge on any atom is -0.396 e. The molecule has 0 bridgehead atoms. The van der Waals surface area contributed by atoms with Crippen molar-refractivity contribution in [3.8, 4) is 0 Å². The van der Waals surface area contributed by atoms with Gasteiger partial charge in [-0.25, -0.2) is 5.43 Å². The van der Waals surface area contributed by atoms with E-state index in [1.54, 1.807) is 12.1 Å². The Hall–Kier alpha value is -1.93. The molecule has 7 heteroatoms. The smallest absolute Gasteiger partial charge is 0.396 e. The summed E-state index contributed by atoms with van der Waals surface area (Å²) in [6, 6.07) is 16.4. The predicted molar refractivity (Wildman–Crippen MR) is 114 cm³/mol. The zero-order valence-corrected chi connectivity index (χ0v) is 17.5. The lowest BCUT2D eigenvalue weighted by Gasteiger charge is -2.42. The summed E-state index contributed by atoms with van der Waals surface area (Å²) in [6.07, 6.45) is -2.73. The van der Waals surface area contributed by atoms with Crippen LogP contribution in [0.3, 0.4) is 0 Å². The maximum absolute atomic E-state index is 13.4. The zero-order valence-electron chi connectivity index (χ0n) is 17.5. The maximum atomic E-state index is 13.4. The van der Waals surface area contributed by atoms with Crippen LogP contribution < -0.4 is 10.9 Å². The van der Waals surface area contributed by atoms with Gasteiger partial charge in [-0.3, -0.25) is 5.43 Å². The molecular weight excluding hydrogens is 403 g/mol. The van der Waals surface area contributed by atoms with Crippen LogP contribution in [0.5, 0.6) is 0 Å². The first-order valence-corrected chi connectivity index (χ1v) is 10.9. The summed E-state index contributed by atoms with van der Waals surface area (Å²) in [7, 11) is 0. The third-order valence-corrected chi connectivity index (χ3v) is 6.88. The highest BCUT2D eigenvalue weighted by Gasteiger charge is 2.39. The molecule has 31 heavy (non-hydrogen) atoms. The van der Waals surface area contributed by atoms with Crippen LogP contribution in [0.25, 0.3) is 0 Å². The number of benzene rings is 2. The Labute approximate surface area is 181 Å². The lowest BCUT2D eigenvalue weighted by Crippen LogP contribution is -2.45. The average molecular weight is 434 g/mol. The molecule has 2 atom stereocenters. The molecule has 2 heterocycles. The maximum Gasteiger partial charge on any atom is 0.416 e. The number of nitrogens with zero attached hydrogens (tertiary/aromatic N) is 1. The number of rotatable bonds is 6. The molecule has 2 aromatic rings. The minimum absolute atomic E-state index is 0.0911. The van der Waals surface area contributed by atoms with Gasteiger partial charge >= 0.3 is 6.18 Å². The molecule has 0 spiro atoms.